The van der Waals surface area contributed by atoms with Crippen molar-refractivity contribution >= 4 is 11.3 Å². The van der Waals surface area contributed by atoms with Crippen LogP contribution in [-0.2, 0) is 24.1 Å². The molecule has 0 aliphatic rings. The Balaban J connectivity index is 2.59. The van der Waals surface area contributed by atoms with Crippen molar-refractivity contribution in [1.29, 1.82) is 0 Å². The van der Waals surface area contributed by atoms with E-state index in [9.17, 15) is 0 Å². The average Bonchev–Trinajstić information content (AvgIpc) is 2.70. The standard InChI is InChI=1S/C13H24N2OS/c1-4-7-11-12(10-14-5-2)17-13(15-11)8-6-9-16-3/h14H,4-10H2,1-3H3. The van der Waals surface area contributed by atoms with Gasteiger partial charge in [0.1, 0.15) is 0 Å². The minimum Gasteiger partial charge on any atom is -0.385 e. The lowest BCUT2D eigenvalue weighted by Gasteiger charge is -2.00. The number of thiazole rings is 1. The van der Waals surface area contributed by atoms with Gasteiger partial charge in [-0.2, -0.15) is 0 Å². The van der Waals surface area contributed by atoms with Gasteiger partial charge < -0.3 is 10.1 Å². The van der Waals surface area contributed by atoms with Gasteiger partial charge in [0.25, 0.3) is 0 Å². The van der Waals surface area contributed by atoms with Crippen LogP contribution in [0.5, 0.6) is 0 Å². The van der Waals surface area contributed by atoms with Crippen molar-refractivity contribution in [2.45, 2.75) is 46.1 Å². The van der Waals surface area contributed by atoms with Gasteiger partial charge in [0.2, 0.25) is 0 Å². The van der Waals surface area contributed by atoms with E-state index in [0.29, 0.717) is 0 Å². The Kier molecular flexibility index (Phi) is 7.40. The Morgan fingerprint density at radius 1 is 1.29 bits per heavy atom. The summed E-state index contributed by atoms with van der Waals surface area (Å²) in [5.74, 6) is 0. The van der Waals surface area contributed by atoms with Crippen LogP contribution in [0, 0.1) is 0 Å². The molecular formula is C13H24N2OS. The SMILES string of the molecule is CCCc1nc(CCCOC)sc1CNCC. The number of methoxy groups -OCH3 is 1. The third-order valence-electron chi connectivity index (χ3n) is 2.58. The highest BCUT2D eigenvalue weighted by Gasteiger charge is 2.09. The fourth-order valence-electron chi connectivity index (χ4n) is 1.72. The van der Waals surface area contributed by atoms with E-state index in [1.165, 1.54) is 22.0 Å². The molecule has 0 fully saturated rings. The van der Waals surface area contributed by atoms with E-state index in [4.69, 9.17) is 9.72 Å². The first-order chi connectivity index (χ1) is 8.31. The minimum absolute atomic E-state index is 0.825. The molecule has 0 aliphatic carbocycles. The van der Waals surface area contributed by atoms with E-state index in [1.54, 1.807) is 7.11 Å². The first-order valence-electron chi connectivity index (χ1n) is 6.48. The molecule has 0 bridgehead atoms. The normalized spacial score (nSPS) is 11.0. The number of aromatic nitrogens is 1. The van der Waals surface area contributed by atoms with E-state index in [0.717, 1.165) is 39.0 Å². The van der Waals surface area contributed by atoms with Gasteiger partial charge in [0.05, 0.1) is 10.7 Å². The summed E-state index contributed by atoms with van der Waals surface area (Å²) in [6, 6.07) is 0. The predicted octanol–water partition coefficient (Wildman–Crippen LogP) is 2.78. The molecule has 98 valence electrons. The summed E-state index contributed by atoms with van der Waals surface area (Å²) in [5, 5.41) is 4.65. The summed E-state index contributed by atoms with van der Waals surface area (Å²) in [5.41, 5.74) is 1.30. The second-order valence-electron chi connectivity index (χ2n) is 4.10. The van der Waals surface area contributed by atoms with Crippen molar-refractivity contribution < 1.29 is 4.74 Å². The van der Waals surface area contributed by atoms with E-state index < -0.39 is 0 Å². The molecule has 1 heterocycles. The molecule has 0 amide bonds. The molecule has 3 nitrogen and oxygen atoms in total. The molecule has 1 aromatic heterocycles. The van der Waals surface area contributed by atoms with Crippen LogP contribution in [0.25, 0.3) is 0 Å². The number of hydrogen-bond donors (Lipinski definition) is 1. The van der Waals surface area contributed by atoms with E-state index in [1.807, 2.05) is 11.3 Å². The van der Waals surface area contributed by atoms with Gasteiger partial charge in [-0.1, -0.05) is 20.3 Å². The van der Waals surface area contributed by atoms with Crippen LogP contribution < -0.4 is 5.32 Å². The van der Waals surface area contributed by atoms with Crippen molar-refractivity contribution in [2.24, 2.45) is 0 Å². The molecular weight excluding hydrogens is 232 g/mol. The highest BCUT2D eigenvalue weighted by Crippen LogP contribution is 2.21. The van der Waals surface area contributed by atoms with Gasteiger partial charge in [-0.3, -0.25) is 0 Å². The average molecular weight is 256 g/mol. The Bertz CT molecular complexity index is 312. The molecule has 0 aromatic carbocycles. The maximum atomic E-state index is 5.08. The Labute approximate surface area is 109 Å². The highest BCUT2D eigenvalue weighted by atomic mass is 32.1. The maximum Gasteiger partial charge on any atom is 0.0932 e. The summed E-state index contributed by atoms with van der Waals surface area (Å²) in [6.07, 6.45) is 4.37. The van der Waals surface area contributed by atoms with Gasteiger partial charge in [-0.15, -0.1) is 11.3 Å². The van der Waals surface area contributed by atoms with Crippen molar-refractivity contribution in [3.8, 4) is 0 Å². The van der Waals surface area contributed by atoms with Crippen LogP contribution >= 0.6 is 11.3 Å². The topological polar surface area (TPSA) is 34.1 Å². The predicted molar refractivity (Wildman–Crippen MR) is 73.7 cm³/mol. The number of nitrogens with one attached hydrogen (secondary N) is 1. The van der Waals surface area contributed by atoms with Gasteiger partial charge in [0, 0.05) is 31.6 Å². The third kappa shape index (κ3) is 5.15. The quantitative estimate of drug-likeness (QED) is 0.690. The number of aryl methyl sites for hydroxylation is 2. The number of nitrogens with zero attached hydrogens (tertiary/aromatic N) is 1. The first kappa shape index (κ1) is 14.6. The fourth-order valence-corrected chi connectivity index (χ4v) is 2.85. The summed E-state index contributed by atoms with van der Waals surface area (Å²) < 4.78 is 5.08. The summed E-state index contributed by atoms with van der Waals surface area (Å²) in [4.78, 5) is 6.17. The molecule has 1 aromatic rings. The number of hydrogen-bond acceptors (Lipinski definition) is 4. The lowest BCUT2D eigenvalue weighted by Crippen LogP contribution is -2.11. The highest BCUT2D eigenvalue weighted by molar-refractivity contribution is 7.11. The molecule has 0 saturated carbocycles. The smallest absolute Gasteiger partial charge is 0.0932 e. The van der Waals surface area contributed by atoms with Gasteiger partial charge in [-0.25, -0.2) is 4.98 Å². The molecule has 0 radical (unpaired) electrons. The molecule has 0 unspecified atom stereocenters. The third-order valence-corrected chi connectivity index (χ3v) is 3.74. The van der Waals surface area contributed by atoms with Crippen LogP contribution in [0.1, 0.15) is 42.3 Å². The zero-order valence-electron chi connectivity index (χ0n) is 11.2. The monoisotopic (exact) mass is 256 g/mol. The second-order valence-corrected chi connectivity index (χ2v) is 5.27. The van der Waals surface area contributed by atoms with Crippen LogP contribution in [0.3, 0.4) is 0 Å². The van der Waals surface area contributed by atoms with Crippen molar-refractivity contribution in [2.75, 3.05) is 20.3 Å². The maximum absolute atomic E-state index is 5.08. The van der Waals surface area contributed by atoms with Crippen LogP contribution in [0.4, 0.5) is 0 Å². The molecule has 0 atom stereocenters. The lowest BCUT2D eigenvalue weighted by atomic mass is 10.2. The molecule has 1 rings (SSSR count). The largest absolute Gasteiger partial charge is 0.385 e. The molecule has 1 N–H and O–H groups in total. The zero-order valence-corrected chi connectivity index (χ0v) is 12.0. The van der Waals surface area contributed by atoms with Crippen LogP contribution in [0.15, 0.2) is 0 Å². The lowest BCUT2D eigenvalue weighted by molar-refractivity contribution is 0.195. The molecule has 0 saturated heterocycles. The molecule has 4 heteroatoms. The summed E-state index contributed by atoms with van der Waals surface area (Å²) in [7, 11) is 1.75. The number of ether oxygens (including phenoxy) is 1. The molecule has 17 heavy (non-hydrogen) atoms. The minimum atomic E-state index is 0.825. The summed E-state index contributed by atoms with van der Waals surface area (Å²) >= 11 is 1.86. The van der Waals surface area contributed by atoms with Gasteiger partial charge >= 0.3 is 0 Å². The van der Waals surface area contributed by atoms with E-state index in [2.05, 4.69) is 19.2 Å². The van der Waals surface area contributed by atoms with Crippen molar-refractivity contribution in [1.82, 2.24) is 10.3 Å². The second kappa shape index (κ2) is 8.61. The van der Waals surface area contributed by atoms with Gasteiger partial charge in [-0.05, 0) is 19.4 Å². The van der Waals surface area contributed by atoms with E-state index >= 15 is 0 Å². The Morgan fingerprint density at radius 2 is 2.12 bits per heavy atom. The van der Waals surface area contributed by atoms with Crippen LogP contribution in [-0.4, -0.2) is 25.2 Å². The van der Waals surface area contributed by atoms with Crippen molar-refractivity contribution in [3.05, 3.63) is 15.6 Å². The van der Waals surface area contributed by atoms with Crippen LogP contribution in [0.2, 0.25) is 0 Å². The fraction of sp³-hybridized carbons (Fsp3) is 0.769. The summed E-state index contributed by atoms with van der Waals surface area (Å²) in [6.45, 7) is 7.16. The molecule has 0 spiro atoms. The first-order valence-corrected chi connectivity index (χ1v) is 7.30. The Hall–Kier alpha value is -0.450. The van der Waals surface area contributed by atoms with E-state index in [-0.39, 0.29) is 0 Å². The Morgan fingerprint density at radius 3 is 2.76 bits per heavy atom. The molecule has 0 aliphatic heterocycles. The number of rotatable bonds is 9. The zero-order chi connectivity index (χ0) is 12.5. The van der Waals surface area contributed by atoms with Gasteiger partial charge in [0.15, 0.2) is 0 Å². The van der Waals surface area contributed by atoms with Crippen molar-refractivity contribution in [3.63, 3.8) is 0 Å².